The van der Waals surface area contributed by atoms with Gasteiger partial charge in [-0.05, 0) is 25.0 Å². The molecule has 0 amide bonds. The number of nitrogens with zero attached hydrogens (tertiary/aromatic N) is 1. The van der Waals surface area contributed by atoms with E-state index in [0.717, 1.165) is 23.6 Å². The minimum atomic E-state index is -0.161. The van der Waals surface area contributed by atoms with Gasteiger partial charge in [-0.1, -0.05) is 26.0 Å². The van der Waals surface area contributed by atoms with Crippen LogP contribution in [-0.4, -0.2) is 16.6 Å². The average Bonchev–Trinajstić information content (AvgIpc) is 2.45. The summed E-state index contributed by atoms with van der Waals surface area (Å²) in [6.45, 7) is 4.67. The summed E-state index contributed by atoms with van der Waals surface area (Å²) in [5, 5.41) is 3.11. The van der Waals surface area contributed by atoms with Crippen molar-refractivity contribution in [3.05, 3.63) is 46.4 Å². The van der Waals surface area contributed by atoms with Crippen molar-refractivity contribution in [1.29, 1.82) is 0 Å². The van der Waals surface area contributed by atoms with E-state index in [0.29, 0.717) is 19.0 Å². The Kier molecular flexibility index (Phi) is 4.76. The lowest BCUT2D eigenvalue weighted by Gasteiger charge is -2.12. The van der Waals surface area contributed by atoms with E-state index in [1.54, 1.807) is 0 Å². The molecule has 0 aliphatic rings. The Morgan fingerprint density at radius 2 is 2.10 bits per heavy atom. The molecule has 2 aromatic rings. The van der Waals surface area contributed by atoms with Gasteiger partial charge in [-0.3, -0.25) is 9.78 Å². The highest BCUT2D eigenvalue weighted by molar-refractivity contribution is 5.62. The summed E-state index contributed by atoms with van der Waals surface area (Å²) in [5.74, 6) is 1.18. The molecule has 0 fully saturated rings. The molecule has 5 nitrogen and oxygen atoms in total. The Hall–Kier alpha value is -2.30. The topological polar surface area (TPSA) is 67.0 Å². The minimum Gasteiger partial charge on any atom is -0.491 e. The van der Waals surface area contributed by atoms with Crippen LogP contribution in [0.4, 0.5) is 11.6 Å². The molecule has 20 heavy (non-hydrogen) atoms. The van der Waals surface area contributed by atoms with E-state index >= 15 is 0 Å². The van der Waals surface area contributed by atoms with Gasteiger partial charge in [0.15, 0.2) is 0 Å². The zero-order valence-corrected chi connectivity index (χ0v) is 11.8. The quantitative estimate of drug-likeness (QED) is 0.849. The summed E-state index contributed by atoms with van der Waals surface area (Å²) in [6, 6.07) is 9.10. The Bertz CT molecular complexity index is 623. The fraction of sp³-hybridized carbons (Fsp3) is 0.333. The van der Waals surface area contributed by atoms with Crippen molar-refractivity contribution in [2.75, 3.05) is 11.9 Å². The number of H-pyrrole nitrogens is 1. The molecule has 1 aromatic heterocycles. The van der Waals surface area contributed by atoms with Crippen LogP contribution >= 0.6 is 0 Å². The number of hydrogen-bond acceptors (Lipinski definition) is 4. The summed E-state index contributed by atoms with van der Waals surface area (Å²) in [7, 11) is 0. The number of nitrogens with one attached hydrogen (secondary N) is 2. The van der Waals surface area contributed by atoms with Crippen molar-refractivity contribution in [2.45, 2.75) is 26.7 Å². The molecule has 0 aliphatic heterocycles. The second-order valence-electron chi connectivity index (χ2n) is 4.41. The van der Waals surface area contributed by atoms with Crippen LogP contribution in [0.15, 0.2) is 35.1 Å². The predicted octanol–water partition coefficient (Wildman–Crippen LogP) is 2.86. The zero-order chi connectivity index (χ0) is 14.4. The highest BCUT2D eigenvalue weighted by Gasteiger charge is 2.05. The van der Waals surface area contributed by atoms with Crippen LogP contribution in [0.25, 0.3) is 0 Å². The predicted molar refractivity (Wildman–Crippen MR) is 79.7 cm³/mol. The van der Waals surface area contributed by atoms with Crippen LogP contribution in [0, 0.1) is 0 Å². The second-order valence-corrected chi connectivity index (χ2v) is 4.41. The van der Waals surface area contributed by atoms with Crippen molar-refractivity contribution >= 4 is 11.6 Å². The summed E-state index contributed by atoms with van der Waals surface area (Å²) < 4.78 is 5.66. The molecule has 2 N–H and O–H groups in total. The van der Waals surface area contributed by atoms with E-state index in [-0.39, 0.29) is 5.56 Å². The van der Waals surface area contributed by atoms with Crippen LogP contribution in [-0.2, 0) is 6.42 Å². The van der Waals surface area contributed by atoms with Gasteiger partial charge in [0.1, 0.15) is 5.75 Å². The fourth-order valence-electron chi connectivity index (χ4n) is 1.78. The number of aryl methyl sites for hydroxylation is 1. The third-order valence-electron chi connectivity index (χ3n) is 2.76. The number of rotatable bonds is 6. The highest BCUT2D eigenvalue weighted by atomic mass is 16.5. The van der Waals surface area contributed by atoms with Gasteiger partial charge in [0, 0.05) is 11.8 Å². The molecule has 5 heteroatoms. The SMILES string of the molecule is CCCOc1ccccc1Nc1nc(CC)cc(=O)[nH]1. The summed E-state index contributed by atoms with van der Waals surface area (Å²) in [6.07, 6.45) is 1.65. The van der Waals surface area contributed by atoms with Gasteiger partial charge in [-0.2, -0.15) is 0 Å². The molecule has 0 spiro atoms. The molecule has 0 bridgehead atoms. The first-order chi connectivity index (χ1) is 9.72. The van der Waals surface area contributed by atoms with Crippen molar-refractivity contribution in [2.24, 2.45) is 0 Å². The van der Waals surface area contributed by atoms with Crippen molar-refractivity contribution in [3.8, 4) is 5.75 Å². The minimum absolute atomic E-state index is 0.161. The van der Waals surface area contributed by atoms with E-state index in [1.807, 2.05) is 31.2 Å². The molecule has 0 aliphatic carbocycles. The fourth-order valence-corrected chi connectivity index (χ4v) is 1.78. The van der Waals surface area contributed by atoms with E-state index in [4.69, 9.17) is 4.74 Å². The van der Waals surface area contributed by atoms with Gasteiger partial charge < -0.3 is 10.1 Å². The van der Waals surface area contributed by atoms with E-state index in [1.165, 1.54) is 6.07 Å². The van der Waals surface area contributed by atoms with E-state index in [2.05, 4.69) is 22.2 Å². The molecule has 0 saturated heterocycles. The van der Waals surface area contributed by atoms with Crippen LogP contribution < -0.4 is 15.6 Å². The highest BCUT2D eigenvalue weighted by Crippen LogP contribution is 2.25. The van der Waals surface area contributed by atoms with Crippen molar-refractivity contribution in [1.82, 2.24) is 9.97 Å². The number of para-hydroxylation sites is 2. The van der Waals surface area contributed by atoms with Crippen LogP contribution in [0.5, 0.6) is 5.75 Å². The number of anilines is 2. The second kappa shape index (κ2) is 6.75. The van der Waals surface area contributed by atoms with Gasteiger partial charge in [-0.15, -0.1) is 0 Å². The van der Waals surface area contributed by atoms with Crippen molar-refractivity contribution < 1.29 is 4.74 Å². The molecule has 0 unspecified atom stereocenters. The molecule has 2 rings (SSSR count). The normalized spacial score (nSPS) is 10.3. The van der Waals surface area contributed by atoms with Crippen LogP contribution in [0.1, 0.15) is 26.0 Å². The third-order valence-corrected chi connectivity index (χ3v) is 2.76. The lowest BCUT2D eigenvalue weighted by Crippen LogP contribution is -2.12. The monoisotopic (exact) mass is 273 g/mol. The zero-order valence-electron chi connectivity index (χ0n) is 11.8. The van der Waals surface area contributed by atoms with Gasteiger partial charge >= 0.3 is 0 Å². The smallest absolute Gasteiger partial charge is 0.252 e. The first kappa shape index (κ1) is 14.1. The summed E-state index contributed by atoms with van der Waals surface area (Å²) in [5.41, 5.74) is 1.38. The average molecular weight is 273 g/mol. The first-order valence-electron chi connectivity index (χ1n) is 6.82. The molecule has 0 radical (unpaired) electrons. The maximum atomic E-state index is 11.6. The third kappa shape index (κ3) is 3.60. The molecule has 0 saturated carbocycles. The Labute approximate surface area is 118 Å². The maximum absolute atomic E-state index is 11.6. The summed E-state index contributed by atoms with van der Waals surface area (Å²) in [4.78, 5) is 18.6. The molecule has 1 aromatic carbocycles. The Morgan fingerprint density at radius 1 is 1.30 bits per heavy atom. The molecular weight excluding hydrogens is 254 g/mol. The largest absolute Gasteiger partial charge is 0.491 e. The maximum Gasteiger partial charge on any atom is 0.252 e. The van der Waals surface area contributed by atoms with Crippen LogP contribution in [0.2, 0.25) is 0 Å². The summed E-state index contributed by atoms with van der Waals surface area (Å²) >= 11 is 0. The molecule has 1 heterocycles. The number of aromatic nitrogens is 2. The molecular formula is C15H19N3O2. The number of ether oxygens (including phenoxy) is 1. The lowest BCUT2D eigenvalue weighted by molar-refractivity contribution is 0.319. The van der Waals surface area contributed by atoms with Gasteiger partial charge in [0.2, 0.25) is 5.95 Å². The Morgan fingerprint density at radius 3 is 2.85 bits per heavy atom. The lowest BCUT2D eigenvalue weighted by atomic mass is 10.3. The molecule has 0 atom stereocenters. The van der Waals surface area contributed by atoms with Gasteiger partial charge in [-0.25, -0.2) is 4.98 Å². The standard InChI is InChI=1S/C15H19N3O2/c1-3-9-20-13-8-6-5-7-12(13)17-15-16-11(4-2)10-14(19)18-15/h5-8,10H,3-4,9H2,1-2H3,(H2,16,17,18,19). The van der Waals surface area contributed by atoms with Crippen molar-refractivity contribution in [3.63, 3.8) is 0 Å². The first-order valence-corrected chi connectivity index (χ1v) is 6.82. The number of aromatic amines is 1. The number of hydrogen-bond donors (Lipinski definition) is 2. The molecule has 106 valence electrons. The van der Waals surface area contributed by atoms with Crippen LogP contribution in [0.3, 0.4) is 0 Å². The van der Waals surface area contributed by atoms with E-state index in [9.17, 15) is 4.79 Å². The van der Waals surface area contributed by atoms with Gasteiger partial charge in [0.25, 0.3) is 5.56 Å². The number of benzene rings is 1. The van der Waals surface area contributed by atoms with Gasteiger partial charge in [0.05, 0.1) is 12.3 Å². The Balaban J connectivity index is 2.25. The van der Waals surface area contributed by atoms with E-state index < -0.39 is 0 Å².